The summed E-state index contributed by atoms with van der Waals surface area (Å²) in [6, 6.07) is 0. The summed E-state index contributed by atoms with van der Waals surface area (Å²) in [6.45, 7) is 16.8. The van der Waals surface area contributed by atoms with E-state index in [1.165, 1.54) is 13.8 Å². The zero-order chi connectivity index (χ0) is 24.1. The summed E-state index contributed by atoms with van der Waals surface area (Å²) in [6.07, 6.45) is -1.44. The number of hydrogen-bond donors (Lipinski definition) is 0. The lowest BCUT2D eigenvalue weighted by atomic mass is 10.1. The monoisotopic (exact) mass is 462 g/mol. The van der Waals surface area contributed by atoms with Crippen LogP contribution in [0.5, 0.6) is 0 Å². The molecule has 0 aromatic rings. The van der Waals surface area contributed by atoms with Gasteiger partial charge in [0, 0.05) is 26.4 Å². The van der Waals surface area contributed by atoms with Crippen LogP contribution >= 0.6 is 8.46 Å². The first kappa shape index (κ1) is 29.7. The number of hydrogen-bond acceptors (Lipinski definition) is 9. The second-order valence-electron chi connectivity index (χ2n) is 6.18. The molecule has 0 spiro atoms. The van der Waals surface area contributed by atoms with Gasteiger partial charge in [0.1, 0.15) is 12.2 Å². The Kier molecular flexibility index (Phi) is 14.1. The van der Waals surface area contributed by atoms with Gasteiger partial charge in [-0.15, -0.1) is 0 Å². The first-order valence-corrected chi connectivity index (χ1v) is 11.0. The van der Waals surface area contributed by atoms with Crippen molar-refractivity contribution in [2.45, 2.75) is 71.4 Å². The highest BCUT2D eigenvalue weighted by Gasteiger charge is 2.66. The largest absolute Gasteiger partial charge is 0.348 e. The molecule has 0 aromatic heterocycles. The molecular formula is C21H35O9P. The van der Waals surface area contributed by atoms with Gasteiger partial charge in [-0.05, 0) is 53.7 Å². The van der Waals surface area contributed by atoms with E-state index in [0.717, 1.165) is 12.2 Å². The molecule has 4 atom stereocenters. The molecule has 0 bridgehead atoms. The third-order valence-electron chi connectivity index (χ3n) is 4.10. The Morgan fingerprint density at radius 2 is 1.29 bits per heavy atom. The van der Waals surface area contributed by atoms with Gasteiger partial charge in [0.25, 0.3) is 5.79 Å². The summed E-state index contributed by atoms with van der Waals surface area (Å²) >= 11 is 0. The van der Waals surface area contributed by atoms with Crippen molar-refractivity contribution in [1.29, 1.82) is 0 Å². The van der Waals surface area contributed by atoms with E-state index in [1.807, 2.05) is 0 Å². The van der Waals surface area contributed by atoms with Gasteiger partial charge in [-0.2, -0.15) is 0 Å². The first-order chi connectivity index (χ1) is 14.7. The van der Waals surface area contributed by atoms with Crippen molar-refractivity contribution in [3.8, 4) is 0 Å². The molecule has 0 rings (SSSR count). The van der Waals surface area contributed by atoms with Crippen LogP contribution in [0, 0.1) is 0 Å². The summed E-state index contributed by atoms with van der Waals surface area (Å²) in [5.74, 6) is -3.13. The maximum absolute atomic E-state index is 12.7. The van der Waals surface area contributed by atoms with E-state index in [2.05, 4.69) is 13.2 Å². The molecule has 0 amide bonds. The Morgan fingerprint density at radius 1 is 0.839 bits per heavy atom. The smallest absolute Gasteiger partial charge is 0.313 e. The van der Waals surface area contributed by atoms with Crippen molar-refractivity contribution in [3.05, 3.63) is 25.3 Å². The number of ether oxygens (including phenoxy) is 6. The number of carbonyl (C=O) groups is 2. The van der Waals surface area contributed by atoms with Crippen molar-refractivity contribution < 1.29 is 42.6 Å². The quantitative estimate of drug-likeness (QED) is 0.162. The van der Waals surface area contributed by atoms with E-state index in [-0.39, 0.29) is 26.4 Å². The third kappa shape index (κ3) is 7.36. The minimum Gasteiger partial charge on any atom is -0.348 e. The zero-order valence-electron chi connectivity index (χ0n) is 19.3. The summed E-state index contributed by atoms with van der Waals surface area (Å²) in [5.41, 5.74) is -2.24. The van der Waals surface area contributed by atoms with Crippen molar-refractivity contribution in [2.75, 3.05) is 26.4 Å². The lowest BCUT2D eigenvalue weighted by Crippen LogP contribution is -2.67. The van der Waals surface area contributed by atoms with Gasteiger partial charge < -0.3 is 28.4 Å². The van der Waals surface area contributed by atoms with Crippen LogP contribution in [-0.4, -0.2) is 67.8 Å². The number of ketones is 2. The van der Waals surface area contributed by atoms with Gasteiger partial charge >= 0.3 is 5.53 Å². The fourth-order valence-electron chi connectivity index (χ4n) is 2.73. The second-order valence-corrected chi connectivity index (χ2v) is 6.95. The van der Waals surface area contributed by atoms with E-state index >= 15 is 0 Å². The van der Waals surface area contributed by atoms with Crippen LogP contribution in [0.25, 0.3) is 0 Å². The van der Waals surface area contributed by atoms with Gasteiger partial charge in [-0.1, -0.05) is 13.2 Å². The highest BCUT2D eigenvalue weighted by atomic mass is 31.1. The minimum absolute atomic E-state index is 0.00280. The number of carbonyl (C=O) groups excluding carboxylic acids is 2. The molecule has 9 nitrogen and oxygen atoms in total. The molecule has 0 aliphatic rings. The average Bonchev–Trinajstić information content (AvgIpc) is 2.76. The Bertz CT molecular complexity index is 606. The molecule has 0 saturated heterocycles. The summed E-state index contributed by atoms with van der Waals surface area (Å²) < 4.78 is 47.7. The highest BCUT2D eigenvalue weighted by molar-refractivity contribution is 7.25. The SMILES string of the molecule is C=CC(=O)C(C)OC(OCC)(P=O)C(OCC)(OC(C)C(=O)C=C)C(OCC)OCC. The lowest BCUT2D eigenvalue weighted by Gasteiger charge is -2.48. The molecule has 10 heteroatoms. The van der Waals surface area contributed by atoms with Crippen LogP contribution in [-0.2, 0) is 42.6 Å². The first-order valence-electron chi connectivity index (χ1n) is 10.2. The molecule has 178 valence electrons. The molecular weight excluding hydrogens is 427 g/mol. The Labute approximate surface area is 186 Å². The molecule has 0 saturated carbocycles. The average molecular weight is 462 g/mol. The Hall–Kier alpha value is -1.32. The summed E-state index contributed by atoms with van der Waals surface area (Å²) in [4.78, 5) is 24.4. The topological polar surface area (TPSA) is 107 Å². The molecule has 0 fully saturated rings. The van der Waals surface area contributed by atoms with Crippen LogP contribution < -0.4 is 0 Å². The molecule has 4 unspecified atom stereocenters. The molecule has 0 radical (unpaired) electrons. The van der Waals surface area contributed by atoms with Crippen molar-refractivity contribution in [3.63, 3.8) is 0 Å². The van der Waals surface area contributed by atoms with Gasteiger partial charge in [0.05, 0.1) is 0 Å². The predicted molar refractivity (Wildman–Crippen MR) is 115 cm³/mol. The van der Waals surface area contributed by atoms with Gasteiger partial charge in [0.15, 0.2) is 11.6 Å². The predicted octanol–water partition coefficient (Wildman–Crippen LogP) is 3.42. The molecule has 31 heavy (non-hydrogen) atoms. The maximum Gasteiger partial charge on any atom is 0.313 e. The molecule has 0 aromatic carbocycles. The molecule has 0 heterocycles. The van der Waals surface area contributed by atoms with Crippen molar-refractivity contribution in [1.82, 2.24) is 0 Å². The summed E-state index contributed by atoms with van der Waals surface area (Å²) in [5, 5.41) is 0. The van der Waals surface area contributed by atoms with Crippen LogP contribution in [0.2, 0.25) is 0 Å². The summed E-state index contributed by atoms with van der Waals surface area (Å²) in [7, 11) is -0.750. The van der Waals surface area contributed by atoms with E-state index in [1.54, 1.807) is 27.7 Å². The zero-order valence-corrected chi connectivity index (χ0v) is 20.1. The molecule has 0 N–H and O–H groups in total. The fourth-order valence-corrected chi connectivity index (χ4v) is 3.46. The van der Waals surface area contributed by atoms with Crippen LogP contribution in [0.15, 0.2) is 25.3 Å². The normalized spacial score (nSPS) is 17.5. The number of rotatable bonds is 19. The van der Waals surface area contributed by atoms with Gasteiger partial charge in [-0.3, -0.25) is 14.2 Å². The minimum atomic E-state index is -2.24. The Morgan fingerprint density at radius 3 is 1.65 bits per heavy atom. The maximum atomic E-state index is 12.7. The van der Waals surface area contributed by atoms with Gasteiger partial charge in [-0.25, -0.2) is 0 Å². The Balaban J connectivity index is 6.93. The standard InChI is InChI=1S/C21H35O9P/c1-9-17(22)15(7)29-20(27-13-5,19(25-11-3)26-12-4)21(31-24,28-14-6)30-16(8)18(23)10-2/h9-10,15-16,19H,1-2,11-14H2,3-8H3. The van der Waals surface area contributed by atoms with E-state index in [4.69, 9.17) is 28.4 Å². The van der Waals surface area contributed by atoms with Crippen molar-refractivity contribution in [2.24, 2.45) is 0 Å². The highest BCUT2D eigenvalue weighted by Crippen LogP contribution is 2.46. The second kappa shape index (κ2) is 14.7. The molecule has 0 aliphatic heterocycles. The fraction of sp³-hybridized carbons (Fsp3) is 0.714. The third-order valence-corrected chi connectivity index (χ3v) is 4.88. The van der Waals surface area contributed by atoms with Crippen LogP contribution in [0.3, 0.4) is 0 Å². The van der Waals surface area contributed by atoms with Crippen LogP contribution in [0.1, 0.15) is 41.5 Å². The van der Waals surface area contributed by atoms with E-state index in [9.17, 15) is 14.2 Å². The van der Waals surface area contributed by atoms with E-state index < -0.39 is 49.8 Å². The van der Waals surface area contributed by atoms with Crippen molar-refractivity contribution >= 4 is 20.0 Å². The van der Waals surface area contributed by atoms with Crippen LogP contribution in [0.4, 0.5) is 0 Å². The van der Waals surface area contributed by atoms with Gasteiger partial charge in [0.2, 0.25) is 14.8 Å². The molecule has 0 aliphatic carbocycles. The van der Waals surface area contributed by atoms with E-state index in [0.29, 0.717) is 0 Å². The lowest BCUT2D eigenvalue weighted by molar-refractivity contribution is -0.441.